The molecule has 0 heterocycles. The molecule has 0 amide bonds. The molecule has 0 aliphatic carbocycles. The standard InChI is InChI=1S/C14H31N3.HI/c1-5-17(6-2)14(15)16-12-10-8-7-9-11-13(3)4;/h13H,5-12H2,1-4H3,(H2,15,16);1H. The summed E-state index contributed by atoms with van der Waals surface area (Å²) in [6.45, 7) is 11.6. The van der Waals surface area contributed by atoms with Crippen molar-refractivity contribution in [1.29, 1.82) is 0 Å². The molecule has 0 radical (unpaired) electrons. The van der Waals surface area contributed by atoms with Gasteiger partial charge in [0.15, 0.2) is 5.96 Å². The summed E-state index contributed by atoms with van der Waals surface area (Å²) < 4.78 is 0. The molecule has 0 aliphatic heterocycles. The van der Waals surface area contributed by atoms with Crippen molar-refractivity contribution in [2.45, 2.75) is 59.8 Å². The quantitative estimate of drug-likeness (QED) is 0.290. The molecule has 0 aromatic heterocycles. The lowest BCUT2D eigenvalue weighted by atomic mass is 10.0. The Labute approximate surface area is 131 Å². The normalized spacial score (nSPS) is 11.5. The second kappa shape index (κ2) is 13.4. The monoisotopic (exact) mass is 369 g/mol. The van der Waals surface area contributed by atoms with Gasteiger partial charge in [-0.05, 0) is 26.2 Å². The van der Waals surface area contributed by atoms with Gasteiger partial charge in [0.05, 0.1) is 0 Å². The summed E-state index contributed by atoms with van der Waals surface area (Å²) in [5.74, 6) is 1.54. The summed E-state index contributed by atoms with van der Waals surface area (Å²) in [6, 6.07) is 0. The third kappa shape index (κ3) is 11.1. The third-order valence-corrected chi connectivity index (χ3v) is 3.05. The Morgan fingerprint density at radius 2 is 1.61 bits per heavy atom. The van der Waals surface area contributed by atoms with Crippen LogP contribution >= 0.6 is 24.0 Å². The Morgan fingerprint density at radius 1 is 1.06 bits per heavy atom. The number of nitrogens with two attached hydrogens (primary N) is 1. The van der Waals surface area contributed by atoms with Crippen molar-refractivity contribution >= 4 is 29.9 Å². The average molecular weight is 369 g/mol. The van der Waals surface area contributed by atoms with E-state index in [4.69, 9.17) is 5.73 Å². The first-order chi connectivity index (χ1) is 8.11. The molecule has 0 aromatic rings. The lowest BCUT2D eigenvalue weighted by molar-refractivity contribution is 0.457. The fraction of sp³-hybridized carbons (Fsp3) is 0.929. The number of nitrogens with zero attached hydrogens (tertiary/aromatic N) is 2. The van der Waals surface area contributed by atoms with Gasteiger partial charge in [0.2, 0.25) is 0 Å². The molecule has 18 heavy (non-hydrogen) atoms. The molecule has 0 aliphatic rings. The van der Waals surface area contributed by atoms with E-state index >= 15 is 0 Å². The molecule has 0 bridgehead atoms. The first-order valence-electron chi connectivity index (χ1n) is 7.16. The largest absolute Gasteiger partial charge is 0.370 e. The van der Waals surface area contributed by atoms with E-state index in [1.54, 1.807) is 0 Å². The summed E-state index contributed by atoms with van der Waals surface area (Å²) in [6.07, 6.45) is 6.48. The fourth-order valence-electron chi connectivity index (χ4n) is 1.86. The van der Waals surface area contributed by atoms with Crippen molar-refractivity contribution < 1.29 is 0 Å². The van der Waals surface area contributed by atoms with Gasteiger partial charge >= 0.3 is 0 Å². The van der Waals surface area contributed by atoms with Crippen LogP contribution in [0.25, 0.3) is 0 Å². The SMILES string of the molecule is CCN(CC)C(N)=NCCCCCCC(C)C.I. The van der Waals surface area contributed by atoms with Gasteiger partial charge in [0.1, 0.15) is 0 Å². The zero-order valence-electron chi connectivity index (χ0n) is 12.6. The molecule has 0 spiro atoms. The van der Waals surface area contributed by atoms with Crippen LogP contribution in [-0.2, 0) is 0 Å². The van der Waals surface area contributed by atoms with E-state index in [1.165, 1.54) is 32.1 Å². The number of hydrogen-bond acceptors (Lipinski definition) is 1. The zero-order valence-corrected chi connectivity index (χ0v) is 14.9. The van der Waals surface area contributed by atoms with Crippen LogP contribution in [0, 0.1) is 5.92 Å². The lowest BCUT2D eigenvalue weighted by Gasteiger charge is -2.19. The highest BCUT2D eigenvalue weighted by Crippen LogP contribution is 2.09. The summed E-state index contributed by atoms with van der Waals surface area (Å²) in [4.78, 5) is 6.52. The van der Waals surface area contributed by atoms with Crippen LogP contribution < -0.4 is 5.73 Å². The number of unbranched alkanes of at least 4 members (excludes halogenated alkanes) is 3. The van der Waals surface area contributed by atoms with Crippen LogP contribution in [0.1, 0.15) is 59.8 Å². The first-order valence-corrected chi connectivity index (χ1v) is 7.16. The van der Waals surface area contributed by atoms with E-state index in [0.29, 0.717) is 5.96 Å². The minimum absolute atomic E-state index is 0. The van der Waals surface area contributed by atoms with Gasteiger partial charge in [-0.2, -0.15) is 0 Å². The molecular formula is C14H32IN3. The maximum Gasteiger partial charge on any atom is 0.191 e. The van der Waals surface area contributed by atoms with Crippen molar-refractivity contribution in [3.05, 3.63) is 0 Å². The Hall–Kier alpha value is 0. The van der Waals surface area contributed by atoms with Gasteiger partial charge < -0.3 is 10.6 Å². The number of guanidine groups is 1. The number of aliphatic imine (C=N–C) groups is 1. The molecule has 110 valence electrons. The maximum absolute atomic E-state index is 5.90. The zero-order chi connectivity index (χ0) is 13.1. The summed E-state index contributed by atoms with van der Waals surface area (Å²) in [5.41, 5.74) is 5.90. The van der Waals surface area contributed by atoms with Crippen LogP contribution in [0.5, 0.6) is 0 Å². The van der Waals surface area contributed by atoms with Gasteiger partial charge in [-0.1, -0.05) is 39.5 Å². The van der Waals surface area contributed by atoms with E-state index in [-0.39, 0.29) is 24.0 Å². The molecule has 2 N–H and O–H groups in total. The van der Waals surface area contributed by atoms with Crippen LogP contribution in [0.4, 0.5) is 0 Å². The van der Waals surface area contributed by atoms with Crippen LogP contribution in [0.2, 0.25) is 0 Å². The van der Waals surface area contributed by atoms with Crippen molar-refractivity contribution in [1.82, 2.24) is 4.90 Å². The lowest BCUT2D eigenvalue weighted by Crippen LogP contribution is -2.37. The summed E-state index contributed by atoms with van der Waals surface area (Å²) in [7, 11) is 0. The number of hydrogen-bond donors (Lipinski definition) is 1. The molecule has 0 saturated carbocycles. The fourth-order valence-corrected chi connectivity index (χ4v) is 1.86. The van der Waals surface area contributed by atoms with Crippen LogP contribution in [-0.4, -0.2) is 30.5 Å². The van der Waals surface area contributed by atoms with Gasteiger partial charge in [0, 0.05) is 19.6 Å². The van der Waals surface area contributed by atoms with Gasteiger partial charge in [0.25, 0.3) is 0 Å². The molecule has 0 fully saturated rings. The average Bonchev–Trinajstić information content (AvgIpc) is 2.29. The predicted molar refractivity (Wildman–Crippen MR) is 92.7 cm³/mol. The Morgan fingerprint density at radius 3 is 2.11 bits per heavy atom. The topological polar surface area (TPSA) is 41.6 Å². The number of rotatable bonds is 9. The van der Waals surface area contributed by atoms with E-state index in [1.807, 2.05) is 0 Å². The number of halogens is 1. The van der Waals surface area contributed by atoms with Crippen molar-refractivity contribution in [3.8, 4) is 0 Å². The third-order valence-electron chi connectivity index (χ3n) is 3.05. The maximum atomic E-state index is 5.90. The molecule has 0 atom stereocenters. The molecule has 0 rings (SSSR count). The molecule has 0 saturated heterocycles. The first kappa shape index (κ1) is 20.3. The molecule has 4 heteroatoms. The van der Waals surface area contributed by atoms with Gasteiger partial charge in [-0.25, -0.2) is 0 Å². The smallest absolute Gasteiger partial charge is 0.191 e. The summed E-state index contributed by atoms with van der Waals surface area (Å²) in [5, 5.41) is 0. The van der Waals surface area contributed by atoms with Crippen molar-refractivity contribution in [2.75, 3.05) is 19.6 Å². The Balaban J connectivity index is 0. The molecule has 0 unspecified atom stereocenters. The highest BCUT2D eigenvalue weighted by Gasteiger charge is 2.00. The van der Waals surface area contributed by atoms with E-state index < -0.39 is 0 Å². The minimum atomic E-state index is 0. The Bertz CT molecular complexity index is 201. The second-order valence-electron chi connectivity index (χ2n) is 5.01. The summed E-state index contributed by atoms with van der Waals surface area (Å²) >= 11 is 0. The van der Waals surface area contributed by atoms with Gasteiger partial charge in [-0.15, -0.1) is 24.0 Å². The van der Waals surface area contributed by atoms with E-state index in [9.17, 15) is 0 Å². The van der Waals surface area contributed by atoms with Crippen LogP contribution in [0.3, 0.4) is 0 Å². The molecule has 0 aromatic carbocycles. The second-order valence-corrected chi connectivity index (χ2v) is 5.01. The minimum Gasteiger partial charge on any atom is -0.370 e. The highest BCUT2D eigenvalue weighted by atomic mass is 127. The molecule has 3 nitrogen and oxygen atoms in total. The van der Waals surface area contributed by atoms with Gasteiger partial charge in [-0.3, -0.25) is 4.99 Å². The van der Waals surface area contributed by atoms with E-state index in [0.717, 1.165) is 25.6 Å². The molecular weight excluding hydrogens is 337 g/mol. The van der Waals surface area contributed by atoms with Crippen LogP contribution in [0.15, 0.2) is 4.99 Å². The van der Waals surface area contributed by atoms with Crippen molar-refractivity contribution in [3.63, 3.8) is 0 Å². The highest BCUT2D eigenvalue weighted by molar-refractivity contribution is 14.0. The van der Waals surface area contributed by atoms with E-state index in [2.05, 4.69) is 37.6 Å². The predicted octanol–water partition coefficient (Wildman–Crippen LogP) is 3.87. The van der Waals surface area contributed by atoms with Crippen molar-refractivity contribution in [2.24, 2.45) is 16.6 Å². The Kier molecular flexibility index (Phi) is 15.2.